The van der Waals surface area contributed by atoms with Gasteiger partial charge in [-0.05, 0) is 25.1 Å². The molecule has 0 aliphatic heterocycles. The Kier molecular flexibility index (Phi) is 3.10. The third kappa shape index (κ3) is 2.45. The van der Waals surface area contributed by atoms with Crippen molar-refractivity contribution in [3.8, 4) is 0 Å². The van der Waals surface area contributed by atoms with Crippen LogP contribution in [0.4, 0.5) is 10.2 Å². The maximum atomic E-state index is 12.8. The number of nitrogens with zero attached hydrogens (tertiary/aromatic N) is 1. The molecule has 0 fully saturated rings. The SMILES string of the molecule is Cc1cn[nH]c1NC(=O)c1ccc(F)cc1Cl. The molecule has 1 heterocycles. The Hall–Kier alpha value is -1.88. The molecule has 4 nitrogen and oxygen atoms in total. The van der Waals surface area contributed by atoms with Gasteiger partial charge in [0.1, 0.15) is 11.6 Å². The van der Waals surface area contributed by atoms with E-state index in [1.807, 2.05) is 0 Å². The highest BCUT2D eigenvalue weighted by atomic mass is 35.5. The highest BCUT2D eigenvalue weighted by molar-refractivity contribution is 6.34. The lowest BCUT2D eigenvalue weighted by molar-refractivity contribution is 0.102. The van der Waals surface area contributed by atoms with E-state index in [2.05, 4.69) is 15.5 Å². The van der Waals surface area contributed by atoms with Crippen LogP contribution in [0.1, 0.15) is 15.9 Å². The van der Waals surface area contributed by atoms with Gasteiger partial charge in [-0.25, -0.2) is 4.39 Å². The van der Waals surface area contributed by atoms with E-state index in [1.54, 1.807) is 13.1 Å². The third-order valence-corrected chi connectivity index (χ3v) is 2.56. The predicted molar refractivity (Wildman–Crippen MR) is 62.7 cm³/mol. The number of carbonyl (C=O) groups is 1. The molecule has 0 radical (unpaired) electrons. The number of aromatic nitrogens is 2. The van der Waals surface area contributed by atoms with Crippen LogP contribution < -0.4 is 5.32 Å². The fourth-order valence-electron chi connectivity index (χ4n) is 1.33. The lowest BCUT2D eigenvalue weighted by Gasteiger charge is -2.05. The summed E-state index contributed by atoms with van der Waals surface area (Å²) in [6, 6.07) is 3.61. The molecule has 2 N–H and O–H groups in total. The largest absolute Gasteiger partial charge is 0.307 e. The van der Waals surface area contributed by atoms with Gasteiger partial charge in [-0.2, -0.15) is 5.10 Å². The lowest BCUT2D eigenvalue weighted by atomic mass is 10.2. The summed E-state index contributed by atoms with van der Waals surface area (Å²) in [5, 5.41) is 9.08. The first kappa shape index (κ1) is 11.6. The van der Waals surface area contributed by atoms with E-state index in [1.165, 1.54) is 12.1 Å². The molecule has 1 amide bonds. The molecule has 0 aliphatic carbocycles. The van der Waals surface area contributed by atoms with E-state index >= 15 is 0 Å². The minimum atomic E-state index is -0.482. The molecule has 0 unspecified atom stereocenters. The van der Waals surface area contributed by atoms with Gasteiger partial charge in [-0.15, -0.1) is 0 Å². The summed E-state index contributed by atoms with van der Waals surface area (Å²) in [7, 11) is 0. The Morgan fingerprint density at radius 2 is 2.29 bits per heavy atom. The first-order valence-corrected chi connectivity index (χ1v) is 5.22. The molecule has 0 spiro atoms. The van der Waals surface area contributed by atoms with Gasteiger partial charge >= 0.3 is 0 Å². The fraction of sp³-hybridized carbons (Fsp3) is 0.0909. The van der Waals surface area contributed by atoms with Crippen molar-refractivity contribution in [2.75, 3.05) is 5.32 Å². The van der Waals surface area contributed by atoms with Gasteiger partial charge in [0.25, 0.3) is 5.91 Å². The number of amides is 1. The second-order valence-corrected chi connectivity index (χ2v) is 3.91. The molecule has 0 atom stereocenters. The van der Waals surface area contributed by atoms with Crippen LogP contribution >= 0.6 is 11.6 Å². The van der Waals surface area contributed by atoms with Gasteiger partial charge < -0.3 is 5.32 Å². The molecule has 2 rings (SSSR count). The Bertz CT molecular complexity index is 568. The summed E-state index contributed by atoms with van der Waals surface area (Å²) in [5.41, 5.74) is 1.01. The number of rotatable bonds is 2. The van der Waals surface area contributed by atoms with Gasteiger partial charge in [-0.1, -0.05) is 11.6 Å². The summed E-state index contributed by atoms with van der Waals surface area (Å²) in [5.74, 6) is -0.401. The highest BCUT2D eigenvalue weighted by Crippen LogP contribution is 2.19. The number of benzene rings is 1. The van der Waals surface area contributed by atoms with E-state index in [0.29, 0.717) is 5.82 Å². The number of anilines is 1. The van der Waals surface area contributed by atoms with Crippen LogP contribution in [-0.4, -0.2) is 16.1 Å². The predicted octanol–water partition coefficient (Wildman–Crippen LogP) is 2.76. The zero-order valence-corrected chi connectivity index (χ0v) is 9.68. The van der Waals surface area contributed by atoms with Gasteiger partial charge in [-0.3, -0.25) is 9.89 Å². The second-order valence-electron chi connectivity index (χ2n) is 3.51. The van der Waals surface area contributed by atoms with Crippen LogP contribution in [-0.2, 0) is 0 Å². The summed E-state index contributed by atoms with van der Waals surface area (Å²) in [6.45, 7) is 1.80. The molecule has 1 aromatic heterocycles. The third-order valence-electron chi connectivity index (χ3n) is 2.24. The van der Waals surface area contributed by atoms with Crippen molar-refractivity contribution in [2.45, 2.75) is 6.92 Å². The average molecular weight is 254 g/mol. The maximum absolute atomic E-state index is 12.8. The first-order valence-electron chi connectivity index (χ1n) is 4.84. The number of H-pyrrole nitrogens is 1. The summed E-state index contributed by atoms with van der Waals surface area (Å²) in [6.07, 6.45) is 1.59. The number of aryl methyl sites for hydroxylation is 1. The molecule has 2 aromatic rings. The molecule has 0 bridgehead atoms. The first-order chi connectivity index (χ1) is 8.08. The molecule has 0 saturated heterocycles. The second kappa shape index (κ2) is 4.55. The van der Waals surface area contributed by atoms with E-state index in [-0.39, 0.29) is 10.6 Å². The maximum Gasteiger partial charge on any atom is 0.258 e. The quantitative estimate of drug-likeness (QED) is 0.865. The number of nitrogens with one attached hydrogen (secondary N) is 2. The van der Waals surface area contributed by atoms with Crippen molar-refractivity contribution >= 4 is 23.3 Å². The fourth-order valence-corrected chi connectivity index (χ4v) is 1.58. The van der Waals surface area contributed by atoms with Crippen LogP contribution in [0.2, 0.25) is 5.02 Å². The number of halogens is 2. The van der Waals surface area contributed by atoms with E-state index in [9.17, 15) is 9.18 Å². The molecule has 88 valence electrons. The Morgan fingerprint density at radius 3 is 2.88 bits per heavy atom. The Balaban J connectivity index is 2.23. The Labute approximate surface area is 102 Å². The molecule has 6 heteroatoms. The summed E-state index contributed by atoms with van der Waals surface area (Å²) < 4.78 is 12.8. The van der Waals surface area contributed by atoms with E-state index < -0.39 is 11.7 Å². The standard InChI is InChI=1S/C11H9ClFN3O/c1-6-5-14-16-10(6)15-11(17)8-3-2-7(13)4-9(8)12/h2-5H,1H3,(H2,14,15,16,17). The van der Waals surface area contributed by atoms with Gasteiger partial charge in [0, 0.05) is 5.56 Å². The zero-order valence-electron chi connectivity index (χ0n) is 8.92. The van der Waals surface area contributed by atoms with Crippen LogP contribution in [0.3, 0.4) is 0 Å². The normalized spacial score (nSPS) is 10.3. The van der Waals surface area contributed by atoms with Crippen molar-refractivity contribution in [1.82, 2.24) is 10.2 Å². The number of hydrogen-bond donors (Lipinski definition) is 2. The van der Waals surface area contributed by atoms with Gasteiger partial charge in [0.05, 0.1) is 16.8 Å². The average Bonchev–Trinajstić information content (AvgIpc) is 2.64. The van der Waals surface area contributed by atoms with E-state index in [0.717, 1.165) is 11.6 Å². The number of aromatic amines is 1. The topological polar surface area (TPSA) is 57.8 Å². The molecule has 0 saturated carbocycles. The Morgan fingerprint density at radius 1 is 1.53 bits per heavy atom. The van der Waals surface area contributed by atoms with Crippen LogP contribution in [0.25, 0.3) is 0 Å². The van der Waals surface area contributed by atoms with E-state index in [4.69, 9.17) is 11.6 Å². The minimum absolute atomic E-state index is 0.0691. The monoisotopic (exact) mass is 253 g/mol. The van der Waals surface area contributed by atoms with Crippen LogP contribution in [0, 0.1) is 12.7 Å². The molecule has 17 heavy (non-hydrogen) atoms. The molecule has 1 aromatic carbocycles. The highest BCUT2D eigenvalue weighted by Gasteiger charge is 2.12. The van der Waals surface area contributed by atoms with Crippen molar-refractivity contribution < 1.29 is 9.18 Å². The minimum Gasteiger partial charge on any atom is -0.307 e. The van der Waals surface area contributed by atoms with Crippen molar-refractivity contribution in [2.24, 2.45) is 0 Å². The zero-order chi connectivity index (χ0) is 12.4. The van der Waals surface area contributed by atoms with Gasteiger partial charge in [0.15, 0.2) is 0 Å². The smallest absolute Gasteiger partial charge is 0.258 e. The van der Waals surface area contributed by atoms with Crippen molar-refractivity contribution in [3.63, 3.8) is 0 Å². The summed E-state index contributed by atoms with van der Waals surface area (Å²) in [4.78, 5) is 11.8. The number of hydrogen-bond acceptors (Lipinski definition) is 2. The van der Waals surface area contributed by atoms with Gasteiger partial charge in [0.2, 0.25) is 0 Å². The number of carbonyl (C=O) groups excluding carboxylic acids is 1. The van der Waals surface area contributed by atoms with Crippen molar-refractivity contribution in [1.29, 1.82) is 0 Å². The molecule has 0 aliphatic rings. The molecular weight excluding hydrogens is 245 g/mol. The van der Waals surface area contributed by atoms with Crippen molar-refractivity contribution in [3.05, 3.63) is 46.4 Å². The van der Waals surface area contributed by atoms with Crippen LogP contribution in [0.15, 0.2) is 24.4 Å². The summed E-state index contributed by atoms with van der Waals surface area (Å²) >= 11 is 5.78. The van der Waals surface area contributed by atoms with Crippen LogP contribution in [0.5, 0.6) is 0 Å². The lowest BCUT2D eigenvalue weighted by Crippen LogP contribution is -2.13. The molecular formula is C11H9ClFN3O.